The first-order valence-corrected chi connectivity index (χ1v) is 9.28. The summed E-state index contributed by atoms with van der Waals surface area (Å²) in [6.07, 6.45) is 4.20. The summed E-state index contributed by atoms with van der Waals surface area (Å²) in [5.74, 6) is 0.353. The number of aromatic nitrogens is 2. The molecule has 6 heteroatoms. The highest BCUT2D eigenvalue weighted by atomic mass is 16.5. The third-order valence-electron chi connectivity index (χ3n) is 5.36. The lowest BCUT2D eigenvalue weighted by molar-refractivity contribution is 0.0601. The van der Waals surface area contributed by atoms with Gasteiger partial charge >= 0.3 is 5.97 Å². The Bertz CT molecular complexity index is 948. The second-order valence-electron chi connectivity index (χ2n) is 7.11. The highest BCUT2D eigenvalue weighted by Gasteiger charge is 2.23. The van der Waals surface area contributed by atoms with Crippen LogP contribution in [-0.2, 0) is 11.3 Å². The van der Waals surface area contributed by atoms with E-state index in [2.05, 4.69) is 14.5 Å². The van der Waals surface area contributed by atoms with Crippen molar-refractivity contribution in [1.29, 1.82) is 0 Å². The molecule has 0 amide bonds. The summed E-state index contributed by atoms with van der Waals surface area (Å²) in [6.45, 7) is 3.04. The SMILES string of the molecule is COC(=O)c1ccc(N2CCC(CCn3cnc4cc(N)ccc43)C2)cc1. The van der Waals surface area contributed by atoms with Crippen molar-refractivity contribution in [3.05, 3.63) is 54.4 Å². The second kappa shape index (κ2) is 7.31. The molecule has 0 aliphatic carbocycles. The first-order chi connectivity index (χ1) is 13.1. The van der Waals surface area contributed by atoms with Crippen LogP contribution in [0.15, 0.2) is 48.8 Å². The Kier molecular flexibility index (Phi) is 4.71. The number of hydrogen-bond donors (Lipinski definition) is 1. The molecule has 1 aliphatic heterocycles. The number of esters is 1. The zero-order chi connectivity index (χ0) is 18.8. The van der Waals surface area contributed by atoms with Gasteiger partial charge in [0.1, 0.15) is 0 Å². The van der Waals surface area contributed by atoms with Crippen molar-refractivity contribution in [3.63, 3.8) is 0 Å². The van der Waals surface area contributed by atoms with E-state index in [4.69, 9.17) is 10.5 Å². The van der Waals surface area contributed by atoms with Crippen molar-refractivity contribution in [2.45, 2.75) is 19.4 Å². The molecule has 1 unspecified atom stereocenters. The minimum atomic E-state index is -0.296. The number of nitrogens with two attached hydrogens (primary N) is 1. The second-order valence-corrected chi connectivity index (χ2v) is 7.11. The Morgan fingerprint density at radius 3 is 2.85 bits per heavy atom. The van der Waals surface area contributed by atoms with Crippen LogP contribution in [0.25, 0.3) is 11.0 Å². The van der Waals surface area contributed by atoms with E-state index in [1.54, 1.807) is 0 Å². The number of nitrogen functional groups attached to an aromatic ring is 1. The fraction of sp³-hybridized carbons (Fsp3) is 0.333. The summed E-state index contributed by atoms with van der Waals surface area (Å²) < 4.78 is 6.97. The molecule has 2 aromatic carbocycles. The summed E-state index contributed by atoms with van der Waals surface area (Å²) in [5, 5.41) is 0. The summed E-state index contributed by atoms with van der Waals surface area (Å²) >= 11 is 0. The molecule has 1 saturated heterocycles. The number of ether oxygens (including phenoxy) is 1. The number of imidazole rings is 1. The monoisotopic (exact) mass is 364 g/mol. The Morgan fingerprint density at radius 2 is 2.07 bits per heavy atom. The van der Waals surface area contributed by atoms with E-state index in [0.717, 1.165) is 48.5 Å². The van der Waals surface area contributed by atoms with E-state index in [0.29, 0.717) is 11.5 Å². The van der Waals surface area contributed by atoms with Gasteiger partial charge in [-0.2, -0.15) is 0 Å². The van der Waals surface area contributed by atoms with Gasteiger partial charge in [-0.1, -0.05) is 0 Å². The average molecular weight is 364 g/mol. The predicted octanol–water partition coefficient (Wildman–Crippen LogP) is 3.32. The van der Waals surface area contributed by atoms with Crippen molar-refractivity contribution in [3.8, 4) is 0 Å². The van der Waals surface area contributed by atoms with Gasteiger partial charge in [-0.05, 0) is 61.2 Å². The number of anilines is 2. The van der Waals surface area contributed by atoms with Crippen LogP contribution in [0.4, 0.5) is 11.4 Å². The van der Waals surface area contributed by atoms with Gasteiger partial charge in [-0.3, -0.25) is 0 Å². The third kappa shape index (κ3) is 3.60. The van der Waals surface area contributed by atoms with Crippen molar-refractivity contribution in [1.82, 2.24) is 9.55 Å². The summed E-state index contributed by atoms with van der Waals surface area (Å²) in [6, 6.07) is 13.6. The van der Waals surface area contributed by atoms with Crippen molar-refractivity contribution in [2.24, 2.45) is 5.92 Å². The Morgan fingerprint density at radius 1 is 1.26 bits per heavy atom. The first-order valence-electron chi connectivity index (χ1n) is 9.28. The molecule has 0 radical (unpaired) electrons. The molecular formula is C21H24N4O2. The van der Waals surface area contributed by atoms with E-state index in [1.807, 2.05) is 48.8 Å². The molecule has 0 spiro atoms. The third-order valence-corrected chi connectivity index (χ3v) is 5.36. The highest BCUT2D eigenvalue weighted by molar-refractivity contribution is 5.89. The van der Waals surface area contributed by atoms with Crippen molar-refractivity contribution < 1.29 is 9.53 Å². The minimum Gasteiger partial charge on any atom is -0.465 e. The molecule has 0 bridgehead atoms. The van der Waals surface area contributed by atoms with Crippen LogP contribution in [0.3, 0.4) is 0 Å². The Balaban J connectivity index is 1.36. The van der Waals surface area contributed by atoms with Crippen LogP contribution in [0, 0.1) is 5.92 Å². The topological polar surface area (TPSA) is 73.4 Å². The lowest BCUT2D eigenvalue weighted by Crippen LogP contribution is -2.20. The van der Waals surface area contributed by atoms with Crippen LogP contribution < -0.4 is 10.6 Å². The fourth-order valence-electron chi connectivity index (χ4n) is 3.81. The van der Waals surface area contributed by atoms with Crippen molar-refractivity contribution >= 4 is 28.4 Å². The number of carbonyl (C=O) groups excluding carboxylic acids is 1. The summed E-state index contributed by atoms with van der Waals surface area (Å²) in [4.78, 5) is 18.4. The van der Waals surface area contributed by atoms with Crippen LogP contribution >= 0.6 is 0 Å². The first kappa shape index (κ1) is 17.4. The average Bonchev–Trinajstić information content (AvgIpc) is 3.32. The molecule has 1 aromatic heterocycles. The minimum absolute atomic E-state index is 0.296. The molecule has 1 fully saturated rings. The quantitative estimate of drug-likeness (QED) is 0.555. The molecular weight excluding hydrogens is 340 g/mol. The van der Waals surface area contributed by atoms with E-state index in [-0.39, 0.29) is 5.97 Å². The lowest BCUT2D eigenvalue weighted by Gasteiger charge is -2.19. The maximum Gasteiger partial charge on any atom is 0.337 e. The fourth-order valence-corrected chi connectivity index (χ4v) is 3.81. The highest BCUT2D eigenvalue weighted by Crippen LogP contribution is 2.27. The van der Waals surface area contributed by atoms with Gasteiger partial charge in [0.25, 0.3) is 0 Å². The molecule has 0 saturated carbocycles. The molecule has 2 N–H and O–H groups in total. The van der Waals surface area contributed by atoms with E-state index >= 15 is 0 Å². The predicted molar refractivity (Wildman–Crippen MR) is 107 cm³/mol. The van der Waals surface area contributed by atoms with Crippen LogP contribution in [0.5, 0.6) is 0 Å². The summed E-state index contributed by atoms with van der Waals surface area (Å²) in [5.41, 5.74) is 10.4. The number of hydrogen-bond acceptors (Lipinski definition) is 5. The van der Waals surface area contributed by atoms with E-state index in [9.17, 15) is 4.79 Å². The molecule has 2 heterocycles. The standard InChI is InChI=1S/C21H24N4O2/c1-27-21(26)16-2-5-18(6-3-16)24-10-8-15(13-24)9-11-25-14-23-19-12-17(22)4-7-20(19)25/h2-7,12,14-15H,8-11,13,22H2,1H3. The number of nitrogens with zero attached hydrogens (tertiary/aromatic N) is 3. The maximum atomic E-state index is 11.6. The van der Waals surface area contributed by atoms with Gasteiger partial charge in [-0.25, -0.2) is 9.78 Å². The Hall–Kier alpha value is -3.02. The number of fused-ring (bicyclic) bond motifs is 1. The molecule has 3 aromatic rings. The molecule has 6 nitrogen and oxygen atoms in total. The van der Waals surface area contributed by atoms with Crippen LogP contribution in [0.2, 0.25) is 0 Å². The van der Waals surface area contributed by atoms with Crippen molar-refractivity contribution in [2.75, 3.05) is 30.8 Å². The van der Waals surface area contributed by atoms with Gasteiger partial charge < -0.3 is 19.9 Å². The Labute approximate surface area is 158 Å². The van der Waals surface area contributed by atoms with Crippen LogP contribution in [0.1, 0.15) is 23.2 Å². The number of carbonyl (C=O) groups is 1. The number of methoxy groups -OCH3 is 1. The molecule has 4 rings (SSSR count). The number of aryl methyl sites for hydroxylation is 1. The smallest absolute Gasteiger partial charge is 0.337 e. The number of benzene rings is 2. The zero-order valence-electron chi connectivity index (χ0n) is 15.5. The van der Waals surface area contributed by atoms with E-state index < -0.39 is 0 Å². The lowest BCUT2D eigenvalue weighted by atomic mass is 10.1. The molecule has 140 valence electrons. The summed E-state index contributed by atoms with van der Waals surface area (Å²) in [7, 11) is 1.40. The molecule has 27 heavy (non-hydrogen) atoms. The van der Waals surface area contributed by atoms with Crippen LogP contribution in [-0.4, -0.2) is 35.7 Å². The van der Waals surface area contributed by atoms with E-state index in [1.165, 1.54) is 13.5 Å². The van der Waals surface area contributed by atoms with Gasteiger partial charge in [0.05, 0.1) is 30.0 Å². The zero-order valence-corrected chi connectivity index (χ0v) is 15.5. The maximum absolute atomic E-state index is 11.6. The normalized spacial score (nSPS) is 16.8. The van der Waals surface area contributed by atoms with Gasteiger partial charge in [0.15, 0.2) is 0 Å². The molecule has 1 aliphatic rings. The number of rotatable bonds is 5. The van der Waals surface area contributed by atoms with Gasteiger partial charge in [0, 0.05) is 31.0 Å². The molecule has 1 atom stereocenters. The van der Waals surface area contributed by atoms with Gasteiger partial charge in [-0.15, -0.1) is 0 Å². The van der Waals surface area contributed by atoms with Gasteiger partial charge in [0.2, 0.25) is 0 Å². The largest absolute Gasteiger partial charge is 0.465 e.